The summed E-state index contributed by atoms with van der Waals surface area (Å²) in [6.45, 7) is 0. The zero-order chi connectivity index (χ0) is 77.2. The molecule has 0 unspecified atom stereocenters. The van der Waals surface area contributed by atoms with Gasteiger partial charge in [0.2, 0.25) is 0 Å². The summed E-state index contributed by atoms with van der Waals surface area (Å²) in [6, 6.07) is 145. The number of rotatable bonds is 12. The van der Waals surface area contributed by atoms with Crippen molar-refractivity contribution in [3.05, 3.63) is 400 Å². The molecule has 0 aliphatic carbocycles. The van der Waals surface area contributed by atoms with E-state index in [1.54, 1.807) is 0 Å². The number of aromatic nitrogens is 2. The highest BCUT2D eigenvalue weighted by Gasteiger charge is 2.26. The number of anilines is 6. The summed E-state index contributed by atoms with van der Waals surface area (Å²) in [5.41, 5.74) is 20.6. The summed E-state index contributed by atoms with van der Waals surface area (Å²) < 4.78 is 30.7. The van der Waals surface area contributed by atoms with Crippen LogP contribution < -0.4 is 9.80 Å². The Bertz CT molecular complexity index is 7860. The quantitative estimate of drug-likeness (QED) is 0.121. The Morgan fingerprint density at radius 2 is 0.441 bits per heavy atom. The number of fused-ring (bicyclic) bond motifs is 18. The van der Waals surface area contributed by atoms with E-state index in [0.29, 0.717) is 0 Å². The molecule has 0 spiro atoms. The molecular weight excluding hydrogens is 1440 g/mol. The van der Waals surface area contributed by atoms with E-state index in [1.165, 1.54) is 0 Å². The van der Waals surface area contributed by atoms with E-state index in [4.69, 9.17) is 17.7 Å². The molecule has 25 rings (SSSR count). The van der Waals surface area contributed by atoms with Crippen LogP contribution in [0.5, 0.6) is 0 Å². The van der Waals surface area contributed by atoms with E-state index in [2.05, 4.69) is 371 Å². The predicted octanol–water partition coefficient (Wildman–Crippen LogP) is 31.4. The zero-order valence-corrected chi connectivity index (χ0v) is 63.5. The lowest BCUT2D eigenvalue weighted by molar-refractivity contribution is 0.631. The first-order chi connectivity index (χ1) is 58.4. The minimum absolute atomic E-state index is 0.847. The molecule has 6 heterocycles. The molecule has 0 saturated carbocycles. The minimum atomic E-state index is 0.847. The van der Waals surface area contributed by atoms with E-state index in [0.717, 1.165) is 243 Å². The summed E-state index contributed by atoms with van der Waals surface area (Å²) in [4.78, 5) is 4.76. The molecule has 19 aromatic carbocycles. The summed E-state index contributed by atoms with van der Waals surface area (Å²) in [5, 5.41) is 22.5. The number of furan rings is 4. The van der Waals surface area contributed by atoms with Crippen LogP contribution >= 0.6 is 0 Å². The monoisotopic (exact) mass is 1510 g/mol. The summed E-state index contributed by atoms with van der Waals surface area (Å²) >= 11 is 0. The molecule has 0 fully saturated rings. The SMILES string of the molecule is c1ccc(N(c2ccc3cc(-c4cc5ccccc5o4)ccc3c2)c2ccc3c(ccc4c5cc6c(cc5n(-c5ccc7cc(-c8cc9ccccc9o8)ccc7c5)c34)c3ccc4cc(N(c5ccccc5)c5ccc7cc(-c8cc9ccccc9o8)ccc7c5)ccc4c3n6-c3ccc4cc(-c5cc6ccccc6o5)ccc4c3)c2)cc1. The molecule has 6 aromatic heterocycles. The number of nitrogens with zero attached hydrogens (tertiary/aromatic N) is 4. The van der Waals surface area contributed by atoms with E-state index in [1.807, 2.05) is 48.5 Å². The lowest BCUT2D eigenvalue weighted by atomic mass is 10.0. The Kier molecular flexibility index (Phi) is 14.4. The van der Waals surface area contributed by atoms with Crippen LogP contribution in [0.2, 0.25) is 0 Å². The molecular formula is C110H66N4O4. The first kappa shape index (κ1) is 65.6. The maximum absolute atomic E-state index is 6.47. The molecule has 0 atom stereocenters. The molecule has 0 aliphatic heterocycles. The first-order valence-electron chi connectivity index (χ1n) is 40.1. The maximum Gasteiger partial charge on any atom is 0.135 e. The predicted molar refractivity (Wildman–Crippen MR) is 490 cm³/mol. The van der Waals surface area contributed by atoms with Crippen LogP contribution in [-0.2, 0) is 0 Å². The van der Waals surface area contributed by atoms with Crippen LogP contribution in [0.25, 0.3) is 209 Å². The van der Waals surface area contributed by atoms with Gasteiger partial charge in [0.25, 0.3) is 0 Å². The Hall–Kier alpha value is -15.9. The van der Waals surface area contributed by atoms with Crippen molar-refractivity contribution in [2.75, 3.05) is 9.80 Å². The van der Waals surface area contributed by atoms with Crippen molar-refractivity contribution in [3.8, 4) is 56.7 Å². The molecule has 118 heavy (non-hydrogen) atoms. The average molecular weight is 1510 g/mol. The third-order valence-electron chi connectivity index (χ3n) is 24.3. The van der Waals surface area contributed by atoms with Crippen molar-refractivity contribution in [3.63, 3.8) is 0 Å². The van der Waals surface area contributed by atoms with Gasteiger partial charge in [0.15, 0.2) is 0 Å². The molecule has 0 N–H and O–H groups in total. The smallest absolute Gasteiger partial charge is 0.135 e. The Morgan fingerprint density at radius 1 is 0.169 bits per heavy atom. The zero-order valence-electron chi connectivity index (χ0n) is 63.5. The highest BCUT2D eigenvalue weighted by Crippen LogP contribution is 2.49. The van der Waals surface area contributed by atoms with Gasteiger partial charge in [0.05, 0.1) is 22.1 Å². The van der Waals surface area contributed by atoms with E-state index in [9.17, 15) is 0 Å². The Morgan fingerprint density at radius 3 is 0.788 bits per heavy atom. The molecule has 25 aromatic rings. The minimum Gasteiger partial charge on any atom is -0.456 e. The van der Waals surface area contributed by atoms with Gasteiger partial charge in [0, 0.05) is 122 Å². The number of hydrogen-bond donors (Lipinski definition) is 0. The van der Waals surface area contributed by atoms with Crippen molar-refractivity contribution >= 4 is 186 Å². The fourth-order valence-corrected chi connectivity index (χ4v) is 18.6. The average Bonchev–Trinajstić information content (AvgIpc) is 1.54. The molecule has 0 aliphatic rings. The van der Waals surface area contributed by atoms with Gasteiger partial charge in [-0.3, -0.25) is 0 Å². The van der Waals surface area contributed by atoms with Crippen LogP contribution in [0.3, 0.4) is 0 Å². The lowest BCUT2D eigenvalue weighted by Crippen LogP contribution is -2.09. The summed E-state index contributed by atoms with van der Waals surface area (Å²) in [7, 11) is 0. The fourth-order valence-electron chi connectivity index (χ4n) is 18.6. The van der Waals surface area contributed by atoms with Crippen LogP contribution in [0, 0.1) is 0 Å². The van der Waals surface area contributed by atoms with Gasteiger partial charge in [-0.25, -0.2) is 0 Å². The van der Waals surface area contributed by atoms with Crippen LogP contribution in [0.4, 0.5) is 34.1 Å². The molecule has 0 amide bonds. The first-order valence-corrected chi connectivity index (χ1v) is 40.1. The summed E-state index contributed by atoms with van der Waals surface area (Å²) in [6.07, 6.45) is 0. The van der Waals surface area contributed by atoms with Crippen molar-refractivity contribution in [1.29, 1.82) is 0 Å². The molecule has 8 nitrogen and oxygen atoms in total. The number of benzene rings is 19. The third kappa shape index (κ3) is 10.6. The van der Waals surface area contributed by atoms with E-state index >= 15 is 0 Å². The standard InChI is InChI=1S/C110H66N4O4/c1-3-19-85(20-4-1)111(87-41-35-67-51-81(31-27-71(67)55-87)105-61-77-15-7-11-23-101(77)115-105)89-45-49-93-75(59-89)39-47-95-97-65-100-98(66-99(97)113(109(93)95)91-43-37-69-53-83(33-29-73(69)57-91)107-63-79-17-9-13-25-103(79)117-107)96-48-40-76-60-90(46-50-94(76)110(96)114(100)92-44-38-70-54-84(34-30-74(70)58-92)108-64-80-18-10-14-26-104(80)118-108)112(86-21-5-2-6-22-86)88-42-36-68-52-82(32-28-72(68)56-88)106-62-78-16-8-12-24-102(78)116-106/h1-66H. The number of hydrogen-bond acceptors (Lipinski definition) is 6. The van der Waals surface area contributed by atoms with Crippen LogP contribution in [0.1, 0.15) is 0 Å². The van der Waals surface area contributed by atoms with Gasteiger partial charge in [-0.2, -0.15) is 0 Å². The maximum atomic E-state index is 6.47. The summed E-state index contributed by atoms with van der Waals surface area (Å²) in [5.74, 6) is 3.40. The second-order valence-corrected chi connectivity index (χ2v) is 31.2. The Balaban J connectivity index is 0.680. The normalized spacial score (nSPS) is 12.1. The molecule has 8 heteroatoms. The van der Waals surface area contributed by atoms with E-state index in [-0.39, 0.29) is 0 Å². The molecule has 550 valence electrons. The second kappa shape index (κ2) is 25.8. The van der Waals surface area contributed by atoms with Gasteiger partial charge in [-0.1, -0.05) is 218 Å². The Labute approximate surface area is 675 Å². The second-order valence-electron chi connectivity index (χ2n) is 31.2. The molecule has 0 saturated heterocycles. The highest BCUT2D eigenvalue weighted by atomic mass is 16.3. The highest BCUT2D eigenvalue weighted by molar-refractivity contribution is 6.26. The topological polar surface area (TPSA) is 68.9 Å². The molecule has 0 bridgehead atoms. The van der Waals surface area contributed by atoms with Gasteiger partial charge < -0.3 is 36.6 Å². The van der Waals surface area contributed by atoms with Gasteiger partial charge in [0.1, 0.15) is 45.4 Å². The van der Waals surface area contributed by atoms with Crippen molar-refractivity contribution in [1.82, 2.24) is 9.13 Å². The molecule has 0 radical (unpaired) electrons. The van der Waals surface area contributed by atoms with Crippen LogP contribution in [-0.4, -0.2) is 9.13 Å². The van der Waals surface area contributed by atoms with Gasteiger partial charge >= 0.3 is 0 Å². The van der Waals surface area contributed by atoms with Crippen molar-refractivity contribution in [2.24, 2.45) is 0 Å². The number of para-hydroxylation sites is 6. The van der Waals surface area contributed by atoms with E-state index < -0.39 is 0 Å². The van der Waals surface area contributed by atoms with Gasteiger partial charge in [-0.05, 0) is 236 Å². The van der Waals surface area contributed by atoms with Crippen molar-refractivity contribution < 1.29 is 17.7 Å². The largest absolute Gasteiger partial charge is 0.456 e. The van der Waals surface area contributed by atoms with Gasteiger partial charge in [-0.15, -0.1) is 0 Å². The fraction of sp³-hybridized carbons (Fsp3) is 0. The van der Waals surface area contributed by atoms with Crippen molar-refractivity contribution in [2.45, 2.75) is 0 Å². The van der Waals surface area contributed by atoms with Crippen LogP contribution in [0.15, 0.2) is 418 Å². The third-order valence-corrected chi connectivity index (χ3v) is 24.3. The lowest BCUT2D eigenvalue weighted by Gasteiger charge is -2.26.